The number of para-hydroxylation sites is 1. The van der Waals surface area contributed by atoms with E-state index >= 15 is 0 Å². The van der Waals surface area contributed by atoms with E-state index in [0.29, 0.717) is 23.9 Å². The largest absolute Gasteiger partial charge is 0.493 e. The maximum absolute atomic E-state index is 12.1. The van der Waals surface area contributed by atoms with Gasteiger partial charge < -0.3 is 19.3 Å². The lowest BCUT2D eigenvalue weighted by atomic mass is 10.2. The molecule has 0 bridgehead atoms. The zero-order valence-electron chi connectivity index (χ0n) is 13.6. The van der Waals surface area contributed by atoms with E-state index in [0.717, 1.165) is 18.8 Å². The van der Waals surface area contributed by atoms with Crippen molar-refractivity contribution in [1.82, 2.24) is 4.90 Å². The first kappa shape index (κ1) is 16.7. The molecular formula is C16H23ClN2O3. The van der Waals surface area contributed by atoms with Gasteiger partial charge in [-0.3, -0.25) is 0 Å². The van der Waals surface area contributed by atoms with Gasteiger partial charge in [0.15, 0.2) is 5.75 Å². The van der Waals surface area contributed by atoms with E-state index in [1.807, 2.05) is 32.9 Å². The van der Waals surface area contributed by atoms with Crippen LogP contribution in [0.15, 0.2) is 18.2 Å². The summed E-state index contributed by atoms with van der Waals surface area (Å²) in [4.78, 5) is 16.0. The molecule has 6 heteroatoms. The molecule has 2 rings (SSSR count). The number of hydrogen-bond acceptors (Lipinski definition) is 4. The molecule has 0 saturated carbocycles. The molecule has 1 aliphatic heterocycles. The van der Waals surface area contributed by atoms with E-state index in [4.69, 9.17) is 21.1 Å². The van der Waals surface area contributed by atoms with E-state index in [2.05, 4.69) is 4.90 Å². The van der Waals surface area contributed by atoms with E-state index in [1.165, 1.54) is 0 Å². The number of halogens is 1. The van der Waals surface area contributed by atoms with Crippen LogP contribution >= 0.6 is 11.6 Å². The lowest BCUT2D eigenvalue weighted by Crippen LogP contribution is -2.50. The predicted molar refractivity (Wildman–Crippen MR) is 88.0 cm³/mol. The van der Waals surface area contributed by atoms with Crippen LogP contribution in [0.2, 0.25) is 5.02 Å². The maximum atomic E-state index is 12.1. The molecule has 5 nitrogen and oxygen atoms in total. The van der Waals surface area contributed by atoms with Crippen molar-refractivity contribution in [3.05, 3.63) is 23.2 Å². The van der Waals surface area contributed by atoms with Crippen molar-refractivity contribution in [2.45, 2.75) is 26.4 Å². The maximum Gasteiger partial charge on any atom is 0.410 e. The van der Waals surface area contributed by atoms with Crippen LogP contribution in [0.1, 0.15) is 20.8 Å². The predicted octanol–water partition coefficient (Wildman–Crippen LogP) is 3.41. The van der Waals surface area contributed by atoms with Crippen LogP contribution in [0.3, 0.4) is 0 Å². The van der Waals surface area contributed by atoms with Crippen molar-refractivity contribution >= 4 is 23.4 Å². The van der Waals surface area contributed by atoms with Gasteiger partial charge in [-0.05, 0) is 32.9 Å². The molecule has 122 valence electrons. The summed E-state index contributed by atoms with van der Waals surface area (Å²) < 4.78 is 10.8. The van der Waals surface area contributed by atoms with Gasteiger partial charge in [-0.2, -0.15) is 0 Å². The summed E-state index contributed by atoms with van der Waals surface area (Å²) in [6, 6.07) is 5.69. The third-order valence-electron chi connectivity index (χ3n) is 3.42. The van der Waals surface area contributed by atoms with Crippen LogP contribution in [0.4, 0.5) is 10.5 Å². The van der Waals surface area contributed by atoms with Gasteiger partial charge in [0.1, 0.15) is 5.60 Å². The Morgan fingerprint density at radius 1 is 1.18 bits per heavy atom. The molecule has 0 aromatic heterocycles. The van der Waals surface area contributed by atoms with E-state index < -0.39 is 5.60 Å². The highest BCUT2D eigenvalue weighted by Gasteiger charge is 2.27. The molecule has 1 aliphatic rings. The van der Waals surface area contributed by atoms with E-state index in [-0.39, 0.29) is 6.09 Å². The van der Waals surface area contributed by atoms with Crippen molar-refractivity contribution in [3.8, 4) is 5.75 Å². The Hall–Kier alpha value is -1.62. The summed E-state index contributed by atoms with van der Waals surface area (Å²) in [5.41, 5.74) is 0.489. The van der Waals surface area contributed by atoms with E-state index in [9.17, 15) is 4.79 Å². The Balaban J connectivity index is 2.01. The second kappa shape index (κ2) is 6.65. The van der Waals surface area contributed by atoms with Gasteiger partial charge in [-0.15, -0.1) is 0 Å². The molecule has 1 fully saturated rings. The fourth-order valence-corrected chi connectivity index (χ4v) is 2.65. The highest BCUT2D eigenvalue weighted by atomic mass is 35.5. The molecule has 0 atom stereocenters. The molecule has 0 radical (unpaired) electrons. The van der Waals surface area contributed by atoms with Gasteiger partial charge in [0.05, 0.1) is 17.8 Å². The number of ether oxygens (including phenoxy) is 2. The first-order valence-electron chi connectivity index (χ1n) is 7.37. The summed E-state index contributed by atoms with van der Waals surface area (Å²) in [6.07, 6.45) is -0.259. The molecule has 1 amide bonds. The number of rotatable bonds is 2. The second-order valence-electron chi connectivity index (χ2n) is 6.25. The number of nitrogens with zero attached hydrogens (tertiary/aromatic N) is 2. The number of methoxy groups -OCH3 is 1. The number of piperazine rings is 1. The fourth-order valence-electron chi connectivity index (χ4n) is 2.40. The van der Waals surface area contributed by atoms with Crippen LogP contribution < -0.4 is 9.64 Å². The van der Waals surface area contributed by atoms with Crippen molar-refractivity contribution in [2.75, 3.05) is 38.2 Å². The number of carbonyl (C=O) groups is 1. The van der Waals surface area contributed by atoms with Crippen LogP contribution in [0.5, 0.6) is 5.75 Å². The minimum absolute atomic E-state index is 0.259. The number of hydrogen-bond donors (Lipinski definition) is 0. The number of anilines is 1. The minimum Gasteiger partial charge on any atom is -0.493 e. The van der Waals surface area contributed by atoms with Crippen LogP contribution in [-0.4, -0.2) is 49.9 Å². The number of carbonyl (C=O) groups excluding carboxylic acids is 1. The van der Waals surface area contributed by atoms with Crippen molar-refractivity contribution in [1.29, 1.82) is 0 Å². The Morgan fingerprint density at radius 3 is 2.36 bits per heavy atom. The Morgan fingerprint density at radius 2 is 1.82 bits per heavy atom. The monoisotopic (exact) mass is 326 g/mol. The summed E-state index contributed by atoms with van der Waals surface area (Å²) in [6.45, 7) is 8.29. The highest BCUT2D eigenvalue weighted by Crippen LogP contribution is 2.35. The second-order valence-corrected chi connectivity index (χ2v) is 6.65. The SMILES string of the molecule is COc1c(Cl)cccc1N1CCN(C(=O)OC(C)(C)C)CC1. The van der Waals surface area contributed by atoms with Crippen LogP contribution in [0, 0.1) is 0 Å². The lowest BCUT2D eigenvalue weighted by Gasteiger charge is -2.37. The van der Waals surface area contributed by atoms with Gasteiger partial charge >= 0.3 is 6.09 Å². The molecule has 0 N–H and O–H groups in total. The molecule has 0 unspecified atom stereocenters. The summed E-state index contributed by atoms with van der Waals surface area (Å²) in [5, 5.41) is 0.592. The molecule has 1 saturated heterocycles. The molecule has 0 aliphatic carbocycles. The van der Waals surface area contributed by atoms with Gasteiger partial charge in [0, 0.05) is 26.2 Å². The van der Waals surface area contributed by atoms with Crippen LogP contribution in [-0.2, 0) is 4.74 Å². The molecule has 0 spiro atoms. The average molecular weight is 327 g/mol. The highest BCUT2D eigenvalue weighted by molar-refractivity contribution is 6.32. The first-order chi connectivity index (χ1) is 10.3. The summed E-state index contributed by atoms with van der Waals surface area (Å²) in [5.74, 6) is 0.676. The van der Waals surface area contributed by atoms with Gasteiger partial charge in [0.25, 0.3) is 0 Å². The Bertz CT molecular complexity index is 535. The number of benzene rings is 1. The third kappa shape index (κ3) is 3.97. The Kier molecular flexibility index (Phi) is 5.06. The summed E-state index contributed by atoms with van der Waals surface area (Å²) in [7, 11) is 1.61. The van der Waals surface area contributed by atoms with Gasteiger partial charge in [0.2, 0.25) is 0 Å². The minimum atomic E-state index is -0.468. The molecule has 22 heavy (non-hydrogen) atoms. The Labute approximate surface area is 136 Å². The topological polar surface area (TPSA) is 42.0 Å². The van der Waals surface area contributed by atoms with Gasteiger partial charge in [-0.1, -0.05) is 17.7 Å². The third-order valence-corrected chi connectivity index (χ3v) is 3.72. The molecule has 1 heterocycles. The van der Waals surface area contributed by atoms with Crippen molar-refractivity contribution in [2.24, 2.45) is 0 Å². The standard InChI is InChI=1S/C16H23ClN2O3/c1-16(2,3)22-15(20)19-10-8-18(9-11-19)13-7-5-6-12(17)14(13)21-4/h5-7H,8-11H2,1-4H3. The molecule has 1 aromatic rings. The first-order valence-corrected chi connectivity index (χ1v) is 7.75. The van der Waals surface area contributed by atoms with Crippen LogP contribution in [0.25, 0.3) is 0 Å². The molecule has 1 aromatic carbocycles. The quantitative estimate of drug-likeness (QED) is 0.835. The average Bonchev–Trinajstić information content (AvgIpc) is 2.45. The van der Waals surface area contributed by atoms with Gasteiger partial charge in [-0.25, -0.2) is 4.79 Å². The number of amides is 1. The lowest BCUT2D eigenvalue weighted by molar-refractivity contribution is 0.0240. The smallest absolute Gasteiger partial charge is 0.410 e. The zero-order chi connectivity index (χ0) is 16.3. The van der Waals surface area contributed by atoms with Crippen molar-refractivity contribution < 1.29 is 14.3 Å². The van der Waals surface area contributed by atoms with Crippen molar-refractivity contribution in [3.63, 3.8) is 0 Å². The summed E-state index contributed by atoms with van der Waals surface area (Å²) >= 11 is 6.16. The zero-order valence-corrected chi connectivity index (χ0v) is 14.3. The fraction of sp³-hybridized carbons (Fsp3) is 0.562. The van der Waals surface area contributed by atoms with E-state index in [1.54, 1.807) is 18.1 Å². The normalized spacial score (nSPS) is 15.7. The molecular weight excluding hydrogens is 304 g/mol.